The van der Waals surface area contributed by atoms with E-state index in [0.29, 0.717) is 29.2 Å². The molecule has 1 aromatic heterocycles. The van der Waals surface area contributed by atoms with Crippen molar-refractivity contribution in [2.75, 3.05) is 6.61 Å². The van der Waals surface area contributed by atoms with Crippen LogP contribution in [-0.2, 0) is 0 Å². The van der Waals surface area contributed by atoms with Crippen LogP contribution in [0.4, 0.5) is 0 Å². The number of rotatable bonds is 3. The van der Waals surface area contributed by atoms with E-state index in [-0.39, 0.29) is 5.25 Å². The highest BCUT2D eigenvalue weighted by atomic mass is 32.2. The Morgan fingerprint density at radius 1 is 1.35 bits per heavy atom. The molecule has 0 aliphatic carbocycles. The molecule has 2 atom stereocenters. The van der Waals surface area contributed by atoms with Crippen molar-refractivity contribution in [1.29, 1.82) is 5.26 Å². The second kappa shape index (κ2) is 5.43. The normalized spacial score (nSPS) is 18.3. The topological polar surface area (TPSA) is 81.2 Å². The average molecular weight is 289 g/mol. The molecule has 0 fully saturated rings. The lowest BCUT2D eigenvalue weighted by molar-refractivity contribution is 0.0686. The van der Waals surface area contributed by atoms with E-state index in [9.17, 15) is 0 Å². The number of fused-ring (bicyclic) bond motifs is 1. The van der Waals surface area contributed by atoms with Gasteiger partial charge in [0.1, 0.15) is 6.61 Å². The van der Waals surface area contributed by atoms with Crippen molar-refractivity contribution >= 4 is 11.8 Å². The lowest BCUT2D eigenvalue weighted by Crippen LogP contribution is -2.21. The van der Waals surface area contributed by atoms with Crippen LogP contribution in [0.15, 0.2) is 33.9 Å². The van der Waals surface area contributed by atoms with Gasteiger partial charge in [0.25, 0.3) is 11.1 Å². The van der Waals surface area contributed by atoms with Crippen LogP contribution in [0.1, 0.15) is 18.9 Å². The second-order valence-electron chi connectivity index (χ2n) is 4.16. The molecular formula is C13H11N3O3S. The number of thioether (sulfide) groups is 1. The summed E-state index contributed by atoms with van der Waals surface area (Å²) in [4.78, 5) is 0. The van der Waals surface area contributed by atoms with Crippen molar-refractivity contribution in [3.63, 3.8) is 0 Å². The molecule has 0 amide bonds. The van der Waals surface area contributed by atoms with E-state index in [1.165, 1.54) is 11.8 Å². The van der Waals surface area contributed by atoms with Crippen LogP contribution >= 0.6 is 11.8 Å². The maximum atomic E-state index is 8.76. The standard InChI is InChI=1S/C13H11N3O3S/c1-8(6-14)20-13-16-15-12(19-13)11-7-17-9-4-2-3-5-10(9)18-11/h2-5,8,11H,7H2,1H3/t8-,11-/m1/s1. The number of para-hydroxylation sites is 2. The van der Waals surface area contributed by atoms with Crippen molar-refractivity contribution in [1.82, 2.24) is 10.2 Å². The molecule has 0 unspecified atom stereocenters. The van der Waals surface area contributed by atoms with Crippen LogP contribution < -0.4 is 9.47 Å². The minimum atomic E-state index is -0.427. The van der Waals surface area contributed by atoms with E-state index in [1.807, 2.05) is 24.3 Å². The van der Waals surface area contributed by atoms with Gasteiger partial charge in [0.15, 0.2) is 11.5 Å². The molecule has 7 heteroatoms. The maximum Gasteiger partial charge on any atom is 0.278 e. The van der Waals surface area contributed by atoms with Crippen LogP contribution in [0.5, 0.6) is 11.5 Å². The average Bonchev–Trinajstić information content (AvgIpc) is 2.95. The van der Waals surface area contributed by atoms with E-state index >= 15 is 0 Å². The number of hydrogen-bond donors (Lipinski definition) is 0. The fraction of sp³-hybridized carbons (Fsp3) is 0.308. The van der Waals surface area contributed by atoms with Gasteiger partial charge >= 0.3 is 0 Å². The first-order chi connectivity index (χ1) is 9.76. The van der Waals surface area contributed by atoms with Crippen LogP contribution in [-0.4, -0.2) is 22.1 Å². The summed E-state index contributed by atoms with van der Waals surface area (Å²) < 4.78 is 16.9. The highest BCUT2D eigenvalue weighted by molar-refractivity contribution is 7.99. The number of benzene rings is 1. The number of hydrogen-bond acceptors (Lipinski definition) is 7. The van der Waals surface area contributed by atoms with Crippen molar-refractivity contribution in [3.8, 4) is 17.6 Å². The molecule has 3 rings (SSSR count). The first kappa shape index (κ1) is 12.8. The van der Waals surface area contributed by atoms with Gasteiger partial charge in [0.05, 0.1) is 11.3 Å². The zero-order valence-corrected chi connectivity index (χ0v) is 11.5. The van der Waals surface area contributed by atoms with Crippen LogP contribution in [0, 0.1) is 11.3 Å². The quantitative estimate of drug-likeness (QED) is 0.803. The van der Waals surface area contributed by atoms with Crippen LogP contribution in [0.25, 0.3) is 0 Å². The minimum Gasteiger partial charge on any atom is -0.485 e. The Balaban J connectivity index is 1.74. The zero-order valence-electron chi connectivity index (χ0n) is 10.6. The van der Waals surface area contributed by atoms with Crippen molar-refractivity contribution < 1.29 is 13.9 Å². The molecular weight excluding hydrogens is 278 g/mol. The molecule has 20 heavy (non-hydrogen) atoms. The van der Waals surface area contributed by atoms with E-state index in [1.54, 1.807) is 6.92 Å². The molecule has 1 aliphatic heterocycles. The summed E-state index contributed by atoms with van der Waals surface area (Å²) in [5.74, 6) is 1.71. The summed E-state index contributed by atoms with van der Waals surface area (Å²) in [5, 5.41) is 16.7. The molecule has 102 valence electrons. The van der Waals surface area contributed by atoms with E-state index in [4.69, 9.17) is 19.2 Å². The van der Waals surface area contributed by atoms with Gasteiger partial charge in [-0.1, -0.05) is 12.1 Å². The Hall–Kier alpha value is -2.20. The number of aromatic nitrogens is 2. The molecule has 2 aromatic rings. The summed E-state index contributed by atoms with van der Waals surface area (Å²) in [6.45, 7) is 2.09. The predicted octanol–water partition coefficient (Wildman–Crippen LogP) is 2.59. The SMILES string of the molecule is C[C@H](C#N)Sc1nnc([C@H]2COc3ccccc3O2)o1. The molecule has 1 aromatic carbocycles. The molecule has 1 aliphatic rings. The van der Waals surface area contributed by atoms with Gasteiger partial charge in [-0.3, -0.25) is 0 Å². The first-order valence-corrected chi connectivity index (χ1v) is 6.92. The smallest absolute Gasteiger partial charge is 0.278 e. The predicted molar refractivity (Wildman–Crippen MR) is 70.5 cm³/mol. The Kier molecular flexibility index (Phi) is 3.48. The third-order valence-electron chi connectivity index (χ3n) is 2.67. The Morgan fingerprint density at radius 2 is 2.15 bits per heavy atom. The molecule has 0 saturated heterocycles. The summed E-state index contributed by atoms with van der Waals surface area (Å²) in [5.41, 5.74) is 0. The molecule has 0 N–H and O–H groups in total. The molecule has 2 heterocycles. The van der Waals surface area contributed by atoms with Gasteiger partial charge < -0.3 is 13.9 Å². The largest absolute Gasteiger partial charge is 0.485 e. The third kappa shape index (κ3) is 2.56. The van der Waals surface area contributed by atoms with Crippen molar-refractivity contribution in [2.45, 2.75) is 23.5 Å². The van der Waals surface area contributed by atoms with E-state index in [2.05, 4.69) is 16.3 Å². The zero-order chi connectivity index (χ0) is 13.9. The monoisotopic (exact) mass is 289 g/mol. The highest BCUT2D eigenvalue weighted by Gasteiger charge is 2.27. The molecule has 0 bridgehead atoms. The lowest BCUT2D eigenvalue weighted by Gasteiger charge is -2.23. The minimum absolute atomic E-state index is 0.243. The van der Waals surface area contributed by atoms with E-state index < -0.39 is 6.10 Å². The highest BCUT2D eigenvalue weighted by Crippen LogP contribution is 2.36. The van der Waals surface area contributed by atoms with Gasteiger partial charge in [-0.25, -0.2) is 0 Å². The summed E-state index contributed by atoms with van der Waals surface area (Å²) >= 11 is 1.22. The third-order valence-corrected chi connectivity index (χ3v) is 3.49. The van der Waals surface area contributed by atoms with Gasteiger partial charge in [0.2, 0.25) is 6.10 Å². The number of nitriles is 1. The van der Waals surface area contributed by atoms with Gasteiger partial charge in [-0.15, -0.1) is 10.2 Å². The Bertz CT molecular complexity index is 652. The molecule has 0 saturated carbocycles. The molecule has 0 radical (unpaired) electrons. The Morgan fingerprint density at radius 3 is 2.95 bits per heavy atom. The first-order valence-electron chi connectivity index (χ1n) is 6.04. The summed E-state index contributed by atoms with van der Waals surface area (Å²) in [6, 6.07) is 9.51. The molecule has 0 spiro atoms. The Labute approximate surface area is 119 Å². The van der Waals surface area contributed by atoms with Crippen LogP contribution in [0.2, 0.25) is 0 Å². The fourth-order valence-corrected chi connectivity index (χ4v) is 2.29. The summed E-state index contributed by atoms with van der Waals surface area (Å²) in [6.07, 6.45) is -0.427. The maximum absolute atomic E-state index is 8.76. The molecule has 6 nitrogen and oxygen atoms in total. The number of ether oxygens (including phenoxy) is 2. The van der Waals surface area contributed by atoms with Crippen molar-refractivity contribution in [3.05, 3.63) is 30.2 Å². The van der Waals surface area contributed by atoms with Gasteiger partial charge in [-0.2, -0.15) is 5.26 Å². The lowest BCUT2D eigenvalue weighted by atomic mass is 10.2. The van der Waals surface area contributed by atoms with E-state index in [0.717, 1.165) is 0 Å². The van der Waals surface area contributed by atoms with Gasteiger partial charge in [0, 0.05) is 0 Å². The van der Waals surface area contributed by atoms with Crippen molar-refractivity contribution in [2.24, 2.45) is 0 Å². The summed E-state index contributed by atoms with van der Waals surface area (Å²) in [7, 11) is 0. The van der Waals surface area contributed by atoms with Crippen LogP contribution in [0.3, 0.4) is 0 Å². The van der Waals surface area contributed by atoms with Gasteiger partial charge in [-0.05, 0) is 30.8 Å². The fourth-order valence-electron chi connectivity index (χ4n) is 1.72. The number of nitrogens with zero attached hydrogens (tertiary/aromatic N) is 3. The second-order valence-corrected chi connectivity index (χ2v) is 5.45.